The van der Waals surface area contributed by atoms with Crippen LogP contribution in [0.2, 0.25) is 0 Å². The molecule has 0 bridgehead atoms. The van der Waals surface area contributed by atoms with Crippen molar-refractivity contribution in [3.63, 3.8) is 0 Å². The topological polar surface area (TPSA) is 54.9 Å². The second-order valence-corrected chi connectivity index (χ2v) is 7.92. The average Bonchev–Trinajstić information content (AvgIpc) is 2.78. The van der Waals surface area contributed by atoms with Gasteiger partial charge in [-0.2, -0.15) is 5.10 Å². The molecule has 0 spiro atoms. The van der Waals surface area contributed by atoms with Crippen molar-refractivity contribution in [3.8, 4) is 11.5 Å². The lowest BCUT2D eigenvalue weighted by molar-refractivity contribution is 0.282. The van der Waals surface area contributed by atoms with Crippen LogP contribution in [0.25, 0.3) is 0 Å². The van der Waals surface area contributed by atoms with E-state index >= 15 is 0 Å². The number of hydrazone groups is 1. The minimum absolute atomic E-state index is 0.458. The molecule has 0 aliphatic carbocycles. The van der Waals surface area contributed by atoms with Gasteiger partial charge in [-0.05, 0) is 63.6 Å². The fraction of sp³-hybridized carbons (Fsp3) is 0.130. The van der Waals surface area contributed by atoms with Crippen molar-refractivity contribution in [2.75, 3.05) is 7.11 Å². The highest BCUT2D eigenvalue weighted by Gasteiger charge is 2.11. The SMILES string of the molecule is COc1cc(C=NNC(=S)NCc2ccccc2)cc(I)c1OCc1ccccc1. The third kappa shape index (κ3) is 6.70. The number of hydrogen-bond acceptors (Lipinski definition) is 4. The normalized spacial score (nSPS) is 10.6. The number of hydrogen-bond donors (Lipinski definition) is 2. The minimum Gasteiger partial charge on any atom is -0.493 e. The van der Waals surface area contributed by atoms with Gasteiger partial charge in [0.2, 0.25) is 0 Å². The van der Waals surface area contributed by atoms with Crippen LogP contribution in [0.4, 0.5) is 0 Å². The molecule has 5 nitrogen and oxygen atoms in total. The summed E-state index contributed by atoms with van der Waals surface area (Å²) in [5, 5.41) is 7.79. The van der Waals surface area contributed by atoms with Crippen LogP contribution in [0.1, 0.15) is 16.7 Å². The summed E-state index contributed by atoms with van der Waals surface area (Å²) in [6.45, 7) is 1.12. The van der Waals surface area contributed by atoms with E-state index in [0.717, 1.165) is 20.3 Å². The molecule has 0 radical (unpaired) electrons. The first-order valence-corrected chi connectivity index (χ1v) is 10.8. The number of rotatable bonds is 8. The predicted octanol–water partition coefficient (Wildman–Crippen LogP) is 4.88. The third-order valence-electron chi connectivity index (χ3n) is 4.15. The third-order valence-corrected chi connectivity index (χ3v) is 5.19. The Labute approximate surface area is 195 Å². The molecule has 0 aliphatic rings. The summed E-state index contributed by atoms with van der Waals surface area (Å²) in [5.74, 6) is 1.37. The molecule has 0 atom stereocenters. The number of thiocarbonyl (C=S) groups is 1. The monoisotopic (exact) mass is 531 g/mol. The van der Waals surface area contributed by atoms with Gasteiger partial charge in [0.25, 0.3) is 0 Å². The van der Waals surface area contributed by atoms with Crippen LogP contribution < -0.4 is 20.2 Å². The highest BCUT2D eigenvalue weighted by molar-refractivity contribution is 14.1. The Morgan fingerprint density at radius 2 is 1.70 bits per heavy atom. The smallest absolute Gasteiger partial charge is 0.187 e. The highest BCUT2D eigenvalue weighted by Crippen LogP contribution is 2.34. The lowest BCUT2D eigenvalue weighted by Crippen LogP contribution is -2.31. The molecule has 7 heteroatoms. The predicted molar refractivity (Wildman–Crippen MR) is 133 cm³/mol. The van der Waals surface area contributed by atoms with E-state index < -0.39 is 0 Å². The number of nitrogens with zero attached hydrogens (tertiary/aromatic N) is 1. The molecular weight excluding hydrogens is 509 g/mol. The Bertz CT molecular complexity index is 998. The van der Waals surface area contributed by atoms with Gasteiger partial charge in [0.15, 0.2) is 16.6 Å². The van der Waals surface area contributed by atoms with Crippen molar-refractivity contribution >= 4 is 46.1 Å². The molecule has 154 valence electrons. The Balaban J connectivity index is 1.57. The first-order chi connectivity index (χ1) is 14.7. The largest absolute Gasteiger partial charge is 0.493 e. The first-order valence-electron chi connectivity index (χ1n) is 9.31. The van der Waals surface area contributed by atoms with Gasteiger partial charge in [-0.15, -0.1) is 0 Å². The zero-order valence-corrected chi connectivity index (χ0v) is 19.4. The molecule has 3 rings (SSSR count). The van der Waals surface area contributed by atoms with E-state index in [4.69, 9.17) is 21.7 Å². The van der Waals surface area contributed by atoms with Gasteiger partial charge in [-0.25, -0.2) is 0 Å². The molecule has 3 aromatic rings. The zero-order valence-electron chi connectivity index (χ0n) is 16.5. The molecule has 2 N–H and O–H groups in total. The number of ether oxygens (including phenoxy) is 2. The summed E-state index contributed by atoms with van der Waals surface area (Å²) >= 11 is 7.50. The fourth-order valence-electron chi connectivity index (χ4n) is 2.67. The molecule has 0 aromatic heterocycles. The van der Waals surface area contributed by atoms with Gasteiger partial charge in [-0.1, -0.05) is 60.7 Å². The van der Waals surface area contributed by atoms with Crippen LogP contribution in [0, 0.1) is 3.57 Å². The van der Waals surface area contributed by atoms with Crippen LogP contribution in [0.3, 0.4) is 0 Å². The summed E-state index contributed by atoms with van der Waals surface area (Å²) in [4.78, 5) is 0. The number of halogens is 1. The molecular formula is C23H22IN3O2S. The maximum absolute atomic E-state index is 5.99. The molecule has 0 heterocycles. The Morgan fingerprint density at radius 3 is 2.37 bits per heavy atom. The molecule has 0 unspecified atom stereocenters. The number of methoxy groups -OCH3 is 1. The van der Waals surface area contributed by atoms with Crippen molar-refractivity contribution in [3.05, 3.63) is 93.1 Å². The molecule has 30 heavy (non-hydrogen) atoms. The summed E-state index contributed by atoms with van der Waals surface area (Å²) in [6.07, 6.45) is 1.70. The van der Waals surface area contributed by atoms with Crippen molar-refractivity contribution in [1.82, 2.24) is 10.7 Å². The quantitative estimate of drug-likeness (QED) is 0.188. The van der Waals surface area contributed by atoms with Gasteiger partial charge in [0.1, 0.15) is 6.61 Å². The van der Waals surface area contributed by atoms with Crippen molar-refractivity contribution in [1.29, 1.82) is 0 Å². The van der Waals surface area contributed by atoms with Gasteiger partial charge in [0, 0.05) is 6.54 Å². The summed E-state index contributed by atoms with van der Waals surface area (Å²) in [5.41, 5.74) is 5.96. The van der Waals surface area contributed by atoms with E-state index in [1.165, 1.54) is 0 Å². The minimum atomic E-state index is 0.458. The maximum Gasteiger partial charge on any atom is 0.187 e. The van der Waals surface area contributed by atoms with Gasteiger partial charge in [0.05, 0.1) is 16.9 Å². The van der Waals surface area contributed by atoms with Crippen molar-refractivity contribution < 1.29 is 9.47 Å². The number of benzene rings is 3. The molecule has 0 saturated heterocycles. The van der Waals surface area contributed by atoms with Crippen LogP contribution in [-0.2, 0) is 13.2 Å². The van der Waals surface area contributed by atoms with Crippen LogP contribution in [0.15, 0.2) is 77.9 Å². The molecule has 0 saturated carbocycles. The van der Waals surface area contributed by atoms with Crippen LogP contribution in [0.5, 0.6) is 11.5 Å². The van der Waals surface area contributed by atoms with Crippen molar-refractivity contribution in [2.45, 2.75) is 13.2 Å². The second kappa shape index (κ2) is 11.5. The second-order valence-electron chi connectivity index (χ2n) is 6.35. The lowest BCUT2D eigenvalue weighted by Gasteiger charge is -2.13. The fourth-order valence-corrected chi connectivity index (χ4v) is 3.57. The lowest BCUT2D eigenvalue weighted by atomic mass is 10.2. The highest BCUT2D eigenvalue weighted by atomic mass is 127. The van der Waals surface area contributed by atoms with Gasteiger partial charge < -0.3 is 14.8 Å². The standard InChI is InChI=1S/C23H22IN3O2S/c1-28-21-13-19(12-20(24)22(21)29-16-18-10-6-3-7-11-18)15-26-27-23(30)25-14-17-8-4-2-5-9-17/h2-13,15H,14,16H2,1H3,(H2,25,27,30). The van der Waals surface area contributed by atoms with Crippen LogP contribution in [-0.4, -0.2) is 18.4 Å². The first kappa shape index (κ1) is 22.0. The van der Waals surface area contributed by atoms with E-state index in [2.05, 4.69) is 38.4 Å². The van der Waals surface area contributed by atoms with E-state index in [9.17, 15) is 0 Å². The Kier molecular flexibility index (Phi) is 8.46. The Morgan fingerprint density at radius 1 is 1.03 bits per heavy atom. The van der Waals surface area contributed by atoms with Gasteiger partial charge in [-0.3, -0.25) is 5.43 Å². The summed E-state index contributed by atoms with van der Waals surface area (Å²) in [7, 11) is 1.63. The number of nitrogens with one attached hydrogen (secondary N) is 2. The average molecular weight is 531 g/mol. The van der Waals surface area contributed by atoms with Crippen molar-refractivity contribution in [2.24, 2.45) is 5.10 Å². The summed E-state index contributed by atoms with van der Waals surface area (Å²) < 4.78 is 12.5. The molecule has 3 aromatic carbocycles. The summed E-state index contributed by atoms with van der Waals surface area (Å²) in [6, 6.07) is 23.9. The zero-order chi connectivity index (χ0) is 21.2. The van der Waals surface area contributed by atoms with E-state index in [1.807, 2.05) is 72.8 Å². The maximum atomic E-state index is 5.99. The molecule has 0 amide bonds. The van der Waals surface area contributed by atoms with E-state index in [1.54, 1.807) is 13.3 Å². The molecule has 0 aliphatic heterocycles. The van der Waals surface area contributed by atoms with E-state index in [-0.39, 0.29) is 0 Å². The molecule has 0 fully saturated rings. The van der Waals surface area contributed by atoms with Crippen LogP contribution >= 0.6 is 34.8 Å². The van der Waals surface area contributed by atoms with Gasteiger partial charge >= 0.3 is 0 Å². The van der Waals surface area contributed by atoms with E-state index in [0.29, 0.717) is 29.8 Å². The Hall–Kier alpha value is -2.65.